The van der Waals surface area contributed by atoms with Gasteiger partial charge in [-0.15, -0.1) is 0 Å². The van der Waals surface area contributed by atoms with Gasteiger partial charge in [0.05, 0.1) is 0 Å². The van der Waals surface area contributed by atoms with Gasteiger partial charge >= 0.3 is 0 Å². The van der Waals surface area contributed by atoms with Crippen molar-refractivity contribution in [3.05, 3.63) is 65.7 Å². The highest BCUT2D eigenvalue weighted by Gasteiger charge is 2.36. The summed E-state index contributed by atoms with van der Waals surface area (Å²) in [4.78, 5) is 0. The molecule has 3 rings (SSSR count). The van der Waals surface area contributed by atoms with Crippen molar-refractivity contribution < 1.29 is 9.84 Å². The minimum Gasteiger partial charge on any atom is -0.489 e. The Kier molecular flexibility index (Phi) is 3.95. The second-order valence-electron chi connectivity index (χ2n) is 5.82. The Morgan fingerprint density at radius 2 is 1.86 bits per heavy atom. The van der Waals surface area contributed by atoms with Gasteiger partial charge in [-0.3, -0.25) is 0 Å². The monoisotopic (exact) mass is 283 g/mol. The maximum atomic E-state index is 10.6. The average Bonchev–Trinajstić information content (AvgIpc) is 2.87. The normalized spacial score (nSPS) is 25.0. The molecule has 1 fully saturated rings. The van der Waals surface area contributed by atoms with E-state index in [9.17, 15) is 5.11 Å². The maximum absolute atomic E-state index is 10.6. The van der Waals surface area contributed by atoms with Crippen LogP contribution in [0.25, 0.3) is 0 Å². The summed E-state index contributed by atoms with van der Waals surface area (Å²) in [5, 5.41) is 13.9. The third-order valence-electron chi connectivity index (χ3n) is 4.03. The molecule has 1 heterocycles. The molecule has 1 aliphatic rings. The van der Waals surface area contributed by atoms with Gasteiger partial charge < -0.3 is 15.2 Å². The summed E-state index contributed by atoms with van der Waals surface area (Å²) in [7, 11) is 0. The molecular weight excluding hydrogens is 262 g/mol. The molecule has 3 heteroatoms. The summed E-state index contributed by atoms with van der Waals surface area (Å²) in [6, 6.07) is 18.2. The molecule has 2 aromatic rings. The molecule has 0 radical (unpaired) electrons. The predicted octanol–water partition coefficient (Wildman–Crippen LogP) is 2.84. The number of nitrogens with one attached hydrogen (secondary N) is 1. The molecule has 0 unspecified atom stereocenters. The zero-order chi connectivity index (χ0) is 14.7. The number of hydrogen-bond donors (Lipinski definition) is 2. The molecule has 0 aromatic heterocycles. The first-order valence-electron chi connectivity index (χ1n) is 7.39. The van der Waals surface area contributed by atoms with Crippen LogP contribution in [0.3, 0.4) is 0 Å². The van der Waals surface area contributed by atoms with Crippen molar-refractivity contribution in [2.75, 3.05) is 6.54 Å². The first-order valence-corrected chi connectivity index (χ1v) is 7.39. The van der Waals surface area contributed by atoms with E-state index in [0.717, 1.165) is 23.3 Å². The molecule has 0 saturated carbocycles. The lowest BCUT2D eigenvalue weighted by Crippen LogP contribution is -2.28. The molecule has 1 aliphatic heterocycles. The summed E-state index contributed by atoms with van der Waals surface area (Å²) in [5.74, 6) is 0.824. The maximum Gasteiger partial charge on any atom is 0.119 e. The van der Waals surface area contributed by atoms with Crippen LogP contribution >= 0.6 is 0 Å². The molecule has 110 valence electrons. The number of rotatable bonds is 4. The van der Waals surface area contributed by atoms with E-state index in [2.05, 4.69) is 12.2 Å². The Labute approximate surface area is 125 Å². The highest BCUT2D eigenvalue weighted by Crippen LogP contribution is 2.31. The van der Waals surface area contributed by atoms with E-state index in [-0.39, 0.29) is 0 Å². The predicted molar refractivity (Wildman–Crippen MR) is 83.2 cm³/mol. The molecule has 21 heavy (non-hydrogen) atoms. The number of benzene rings is 2. The van der Waals surface area contributed by atoms with Gasteiger partial charge in [0.2, 0.25) is 0 Å². The summed E-state index contributed by atoms with van der Waals surface area (Å²) < 4.78 is 5.77. The second kappa shape index (κ2) is 5.88. The van der Waals surface area contributed by atoms with Gasteiger partial charge in [-0.25, -0.2) is 0 Å². The van der Waals surface area contributed by atoms with E-state index >= 15 is 0 Å². The smallest absolute Gasteiger partial charge is 0.119 e. The Balaban J connectivity index is 1.64. The van der Waals surface area contributed by atoms with Gasteiger partial charge in [0.15, 0.2) is 0 Å². The third kappa shape index (κ3) is 3.26. The summed E-state index contributed by atoms with van der Waals surface area (Å²) in [6.45, 7) is 3.26. The fraction of sp³-hybridized carbons (Fsp3) is 0.333. The molecule has 0 aliphatic carbocycles. The molecule has 2 atom stereocenters. The standard InChI is InChI=1S/C18H21NO2/c1-14-11-18(20,13-19-14)16-7-9-17(10-8-16)21-12-15-5-3-2-4-6-15/h2-10,14,19-20H,11-13H2,1H3/t14-,18+/m0/s1. The van der Waals surface area contributed by atoms with Gasteiger partial charge in [-0.05, 0) is 36.6 Å². The van der Waals surface area contributed by atoms with E-state index in [0.29, 0.717) is 19.2 Å². The Morgan fingerprint density at radius 1 is 1.14 bits per heavy atom. The number of hydrogen-bond acceptors (Lipinski definition) is 3. The van der Waals surface area contributed by atoms with E-state index < -0.39 is 5.60 Å². The SMILES string of the molecule is C[C@H]1C[C@](O)(c2ccc(OCc3ccccc3)cc2)CN1. The number of β-amino-alcohol motifs (C(OH)–C–C–N with tert-alkyl or cyclic N) is 1. The fourth-order valence-electron chi connectivity index (χ4n) is 2.82. The van der Waals surface area contributed by atoms with Gasteiger partial charge in [0, 0.05) is 12.6 Å². The quantitative estimate of drug-likeness (QED) is 0.906. The van der Waals surface area contributed by atoms with Crippen LogP contribution in [0.15, 0.2) is 54.6 Å². The zero-order valence-corrected chi connectivity index (χ0v) is 12.3. The minimum atomic E-state index is -0.753. The highest BCUT2D eigenvalue weighted by atomic mass is 16.5. The minimum absolute atomic E-state index is 0.351. The molecule has 2 aromatic carbocycles. The third-order valence-corrected chi connectivity index (χ3v) is 4.03. The molecule has 1 saturated heterocycles. The fourth-order valence-corrected chi connectivity index (χ4v) is 2.82. The van der Waals surface area contributed by atoms with Crippen LogP contribution in [0.5, 0.6) is 5.75 Å². The van der Waals surface area contributed by atoms with Crippen LogP contribution in [0.1, 0.15) is 24.5 Å². The van der Waals surface area contributed by atoms with Crippen molar-refractivity contribution in [3.8, 4) is 5.75 Å². The molecular formula is C18H21NO2. The summed E-state index contributed by atoms with van der Waals surface area (Å²) in [5.41, 5.74) is 1.35. The van der Waals surface area contributed by atoms with Crippen LogP contribution in [0.4, 0.5) is 0 Å². The number of ether oxygens (including phenoxy) is 1. The molecule has 0 spiro atoms. The Bertz CT molecular complexity index is 582. The van der Waals surface area contributed by atoms with Crippen molar-refractivity contribution in [3.63, 3.8) is 0 Å². The van der Waals surface area contributed by atoms with Crippen LogP contribution in [-0.4, -0.2) is 17.7 Å². The topological polar surface area (TPSA) is 41.5 Å². The summed E-state index contributed by atoms with van der Waals surface area (Å²) >= 11 is 0. The van der Waals surface area contributed by atoms with Gasteiger partial charge in [0.1, 0.15) is 18.0 Å². The molecule has 0 bridgehead atoms. The van der Waals surface area contributed by atoms with Crippen molar-refractivity contribution in [2.45, 2.75) is 31.6 Å². The van der Waals surface area contributed by atoms with Crippen molar-refractivity contribution >= 4 is 0 Å². The zero-order valence-electron chi connectivity index (χ0n) is 12.3. The van der Waals surface area contributed by atoms with E-state index in [1.165, 1.54) is 0 Å². The first kappa shape index (κ1) is 14.1. The number of aliphatic hydroxyl groups is 1. The Morgan fingerprint density at radius 3 is 2.48 bits per heavy atom. The lowest BCUT2D eigenvalue weighted by molar-refractivity contribution is 0.0564. The van der Waals surface area contributed by atoms with Gasteiger partial charge in [-0.1, -0.05) is 42.5 Å². The van der Waals surface area contributed by atoms with Gasteiger partial charge in [0.25, 0.3) is 0 Å². The van der Waals surface area contributed by atoms with Gasteiger partial charge in [-0.2, -0.15) is 0 Å². The molecule has 3 nitrogen and oxygen atoms in total. The van der Waals surface area contributed by atoms with Crippen molar-refractivity contribution in [1.82, 2.24) is 5.32 Å². The molecule has 0 amide bonds. The van der Waals surface area contributed by atoms with Crippen molar-refractivity contribution in [2.24, 2.45) is 0 Å². The van der Waals surface area contributed by atoms with E-state index in [4.69, 9.17) is 4.74 Å². The van der Waals surface area contributed by atoms with Crippen LogP contribution < -0.4 is 10.1 Å². The highest BCUT2D eigenvalue weighted by molar-refractivity contribution is 5.32. The van der Waals surface area contributed by atoms with Crippen LogP contribution in [-0.2, 0) is 12.2 Å². The lowest BCUT2D eigenvalue weighted by Gasteiger charge is -2.22. The van der Waals surface area contributed by atoms with Crippen LogP contribution in [0.2, 0.25) is 0 Å². The Hall–Kier alpha value is -1.84. The first-order chi connectivity index (χ1) is 10.2. The average molecular weight is 283 g/mol. The van der Waals surface area contributed by atoms with Crippen molar-refractivity contribution in [1.29, 1.82) is 0 Å². The lowest BCUT2D eigenvalue weighted by atomic mass is 9.91. The summed E-state index contributed by atoms with van der Waals surface area (Å²) in [6.07, 6.45) is 0.747. The van der Waals surface area contributed by atoms with Crippen LogP contribution in [0, 0.1) is 0 Å². The van der Waals surface area contributed by atoms with E-state index in [1.807, 2.05) is 54.6 Å². The van der Waals surface area contributed by atoms with E-state index in [1.54, 1.807) is 0 Å². The second-order valence-corrected chi connectivity index (χ2v) is 5.82. The largest absolute Gasteiger partial charge is 0.489 e. The molecule has 2 N–H and O–H groups in total.